The van der Waals surface area contributed by atoms with Crippen LogP contribution in [0.1, 0.15) is 5.56 Å². The third-order valence-electron chi connectivity index (χ3n) is 3.85. The van der Waals surface area contributed by atoms with Crippen molar-refractivity contribution >= 4 is 80.0 Å². The molecule has 1 saturated heterocycles. The number of nitrogens with one attached hydrogen (secondary N) is 1. The predicted octanol–water partition coefficient (Wildman–Crippen LogP) is 4.60. The molecule has 2 amide bonds. The summed E-state index contributed by atoms with van der Waals surface area (Å²) in [6.45, 7) is 0.118. The van der Waals surface area contributed by atoms with Crippen molar-refractivity contribution < 1.29 is 14.3 Å². The molecule has 1 aliphatic rings. The Balaban J connectivity index is 1.99. The lowest BCUT2D eigenvalue weighted by molar-refractivity contribution is -0.122. The summed E-state index contributed by atoms with van der Waals surface area (Å²) in [4.78, 5) is 26.6. The number of hydrogen-bond acceptors (Lipinski definition) is 4. The van der Waals surface area contributed by atoms with Gasteiger partial charge in [-0.15, -0.1) is 6.42 Å². The lowest BCUT2D eigenvalue weighted by Gasteiger charge is -2.29. The van der Waals surface area contributed by atoms with E-state index in [2.05, 4.69) is 27.2 Å². The van der Waals surface area contributed by atoms with Crippen LogP contribution < -0.4 is 15.0 Å². The van der Waals surface area contributed by atoms with Gasteiger partial charge in [-0.2, -0.15) is 0 Å². The van der Waals surface area contributed by atoms with E-state index < -0.39 is 11.8 Å². The number of ether oxygens (including phenoxy) is 1. The van der Waals surface area contributed by atoms with E-state index in [-0.39, 0.29) is 33.0 Å². The Bertz CT molecular complexity index is 1110. The SMILES string of the molecule is C#CCOc1ccc(/C=C2\C(=O)NC(=S)N(c3cccc(Cl)c3Cl)C2=O)cc1Br. The minimum atomic E-state index is -0.619. The van der Waals surface area contributed by atoms with E-state index in [0.717, 1.165) is 4.90 Å². The summed E-state index contributed by atoms with van der Waals surface area (Å²) < 4.78 is 6.01. The number of carbonyl (C=O) groups excluding carboxylic acids is 2. The molecule has 0 atom stereocenters. The number of anilines is 1. The topological polar surface area (TPSA) is 58.6 Å². The largest absolute Gasteiger partial charge is 0.480 e. The number of hydrogen-bond donors (Lipinski definition) is 1. The van der Waals surface area contributed by atoms with Crippen molar-refractivity contribution in [3.05, 3.63) is 62.1 Å². The maximum atomic E-state index is 13.1. The fraction of sp³-hybridized carbons (Fsp3) is 0.0500. The van der Waals surface area contributed by atoms with E-state index in [1.54, 1.807) is 36.4 Å². The number of thiocarbonyl (C=S) groups is 1. The number of rotatable bonds is 4. The quantitative estimate of drug-likeness (QED) is 0.283. The zero-order valence-corrected chi connectivity index (χ0v) is 18.5. The highest BCUT2D eigenvalue weighted by Gasteiger charge is 2.35. The molecule has 0 radical (unpaired) electrons. The van der Waals surface area contributed by atoms with Gasteiger partial charge in [-0.1, -0.05) is 41.3 Å². The van der Waals surface area contributed by atoms with E-state index in [1.165, 1.54) is 6.08 Å². The van der Waals surface area contributed by atoms with E-state index in [1.807, 2.05) is 0 Å². The van der Waals surface area contributed by atoms with E-state index in [9.17, 15) is 9.59 Å². The normalized spacial score (nSPS) is 15.3. The molecule has 146 valence electrons. The number of halogens is 3. The summed E-state index contributed by atoms with van der Waals surface area (Å²) in [6, 6.07) is 9.86. The van der Waals surface area contributed by atoms with Gasteiger partial charge in [0.05, 0.1) is 20.2 Å². The summed E-state index contributed by atoms with van der Waals surface area (Å²) in [6.07, 6.45) is 6.63. The lowest BCUT2D eigenvalue weighted by Crippen LogP contribution is -2.54. The average Bonchev–Trinajstić information content (AvgIpc) is 2.67. The minimum Gasteiger partial charge on any atom is -0.480 e. The van der Waals surface area contributed by atoms with Crippen molar-refractivity contribution in [2.45, 2.75) is 0 Å². The van der Waals surface area contributed by atoms with Gasteiger partial charge in [0.2, 0.25) is 0 Å². The molecule has 1 heterocycles. The molecule has 2 aromatic rings. The van der Waals surface area contributed by atoms with Crippen LogP contribution in [0.25, 0.3) is 6.08 Å². The Hall–Kier alpha value is -2.37. The Morgan fingerprint density at radius 2 is 2.03 bits per heavy atom. The summed E-state index contributed by atoms with van der Waals surface area (Å²) in [5.74, 6) is 1.69. The number of terminal acetylenes is 1. The van der Waals surface area contributed by atoms with Crippen LogP contribution in [0, 0.1) is 12.3 Å². The Morgan fingerprint density at radius 3 is 2.72 bits per heavy atom. The predicted molar refractivity (Wildman–Crippen MR) is 121 cm³/mol. The number of amides is 2. The Kier molecular flexibility index (Phi) is 6.60. The number of benzene rings is 2. The zero-order chi connectivity index (χ0) is 21.1. The van der Waals surface area contributed by atoms with Gasteiger partial charge in [0.25, 0.3) is 11.8 Å². The van der Waals surface area contributed by atoms with Gasteiger partial charge in [0, 0.05) is 0 Å². The van der Waals surface area contributed by atoms with Gasteiger partial charge in [-0.25, -0.2) is 0 Å². The van der Waals surface area contributed by atoms with Gasteiger partial charge >= 0.3 is 0 Å². The minimum absolute atomic E-state index is 0.0828. The highest BCUT2D eigenvalue weighted by Crippen LogP contribution is 2.34. The fourth-order valence-corrected chi connectivity index (χ4v) is 3.72. The molecule has 5 nitrogen and oxygen atoms in total. The first-order chi connectivity index (χ1) is 13.8. The van der Waals surface area contributed by atoms with Crippen LogP contribution in [0.4, 0.5) is 5.69 Å². The summed E-state index contributed by atoms with van der Waals surface area (Å²) in [7, 11) is 0. The molecule has 0 spiro atoms. The first-order valence-electron chi connectivity index (χ1n) is 8.04. The summed E-state index contributed by atoms with van der Waals surface area (Å²) in [5, 5.41) is 2.82. The third-order valence-corrected chi connectivity index (χ3v) is 5.57. The third kappa shape index (κ3) is 4.46. The molecule has 0 saturated carbocycles. The molecule has 9 heteroatoms. The molecule has 0 unspecified atom stereocenters. The van der Waals surface area contributed by atoms with Crippen molar-refractivity contribution in [2.24, 2.45) is 0 Å². The highest BCUT2D eigenvalue weighted by atomic mass is 79.9. The second-order valence-corrected chi connectivity index (χ2v) is 7.74. The molecule has 0 bridgehead atoms. The molecule has 1 aliphatic heterocycles. The zero-order valence-electron chi connectivity index (χ0n) is 14.5. The summed E-state index contributed by atoms with van der Waals surface area (Å²) >= 11 is 20.8. The smallest absolute Gasteiger partial charge is 0.270 e. The molecule has 2 aromatic carbocycles. The average molecular weight is 510 g/mol. The van der Waals surface area contributed by atoms with Crippen LogP contribution in [0.15, 0.2) is 46.4 Å². The van der Waals surface area contributed by atoms with Gasteiger partial charge in [0.1, 0.15) is 17.9 Å². The fourth-order valence-electron chi connectivity index (χ4n) is 2.55. The van der Waals surface area contributed by atoms with Crippen LogP contribution in [0.5, 0.6) is 5.75 Å². The Labute approximate surface area is 190 Å². The first kappa shape index (κ1) is 21.3. The standard InChI is InChI=1S/C20H11BrCl2N2O3S/c1-2-8-28-16-7-6-11(10-13(16)21)9-12-18(26)24-20(29)25(19(12)27)15-5-3-4-14(22)17(15)23/h1,3-7,9-10H,8H2,(H,24,26,29)/b12-9+. The molecule has 1 N–H and O–H groups in total. The second-order valence-electron chi connectivity index (χ2n) is 5.71. The van der Waals surface area contributed by atoms with Gasteiger partial charge in [-0.3, -0.25) is 19.8 Å². The van der Waals surface area contributed by atoms with Crippen molar-refractivity contribution in [1.29, 1.82) is 0 Å². The van der Waals surface area contributed by atoms with Crippen LogP contribution in [-0.4, -0.2) is 23.5 Å². The molecule has 29 heavy (non-hydrogen) atoms. The molecular formula is C20H11BrCl2N2O3S. The second kappa shape index (κ2) is 8.97. The number of nitrogens with zero attached hydrogens (tertiary/aromatic N) is 1. The Morgan fingerprint density at radius 1 is 1.28 bits per heavy atom. The van der Waals surface area contributed by atoms with E-state index in [4.69, 9.17) is 46.6 Å². The van der Waals surface area contributed by atoms with Crippen LogP contribution in [0.2, 0.25) is 10.0 Å². The van der Waals surface area contributed by atoms with Crippen molar-refractivity contribution in [3.63, 3.8) is 0 Å². The molecule has 0 aromatic heterocycles. The molecule has 0 aliphatic carbocycles. The van der Waals surface area contributed by atoms with Gasteiger partial charge < -0.3 is 4.74 Å². The maximum Gasteiger partial charge on any atom is 0.270 e. The van der Waals surface area contributed by atoms with Crippen molar-refractivity contribution in [1.82, 2.24) is 5.32 Å². The first-order valence-corrected chi connectivity index (χ1v) is 10.0. The highest BCUT2D eigenvalue weighted by molar-refractivity contribution is 9.10. The lowest BCUT2D eigenvalue weighted by atomic mass is 10.1. The summed E-state index contributed by atoms with van der Waals surface area (Å²) in [5.41, 5.74) is 0.756. The van der Waals surface area contributed by atoms with Crippen molar-refractivity contribution in [2.75, 3.05) is 11.5 Å². The van der Waals surface area contributed by atoms with Gasteiger partial charge in [0.15, 0.2) is 5.11 Å². The van der Waals surface area contributed by atoms with E-state index in [0.29, 0.717) is 15.8 Å². The maximum absolute atomic E-state index is 13.1. The molecule has 3 rings (SSSR count). The van der Waals surface area contributed by atoms with Gasteiger partial charge in [-0.05, 0) is 64.1 Å². The van der Waals surface area contributed by atoms with Crippen molar-refractivity contribution in [3.8, 4) is 18.1 Å². The van der Waals surface area contributed by atoms with Crippen LogP contribution >= 0.6 is 51.3 Å². The van der Waals surface area contributed by atoms with Crippen LogP contribution in [-0.2, 0) is 9.59 Å². The molecule has 1 fully saturated rings. The van der Waals surface area contributed by atoms with E-state index >= 15 is 0 Å². The number of carbonyl (C=O) groups is 2. The van der Waals surface area contributed by atoms with Crippen LogP contribution in [0.3, 0.4) is 0 Å². The monoisotopic (exact) mass is 508 g/mol. The molecular weight excluding hydrogens is 499 g/mol.